The van der Waals surface area contributed by atoms with Gasteiger partial charge in [-0.1, -0.05) is 18.2 Å². The molecule has 1 heterocycles. The molecule has 6 nitrogen and oxygen atoms in total. The van der Waals surface area contributed by atoms with Gasteiger partial charge in [0.05, 0.1) is 12.2 Å². The third kappa shape index (κ3) is 5.71. The fraction of sp³-hybridized carbons (Fsp3) is 0.409. The van der Waals surface area contributed by atoms with Gasteiger partial charge in [-0.3, -0.25) is 4.90 Å². The molecular weight excluding hydrogens is 356 g/mol. The Labute approximate surface area is 166 Å². The Balaban J connectivity index is 1.39. The van der Waals surface area contributed by atoms with E-state index in [1.165, 1.54) is 5.69 Å². The first kappa shape index (κ1) is 20.2. The van der Waals surface area contributed by atoms with E-state index >= 15 is 0 Å². The third-order valence-electron chi connectivity index (χ3n) is 4.77. The van der Waals surface area contributed by atoms with Crippen LogP contribution in [0.3, 0.4) is 0 Å². The summed E-state index contributed by atoms with van der Waals surface area (Å²) in [6.45, 7) is 6.67. The molecule has 150 valence electrons. The van der Waals surface area contributed by atoms with E-state index < -0.39 is 6.10 Å². The Morgan fingerprint density at radius 3 is 2.36 bits per heavy atom. The molecule has 1 fully saturated rings. The van der Waals surface area contributed by atoms with Crippen molar-refractivity contribution in [3.8, 4) is 5.75 Å². The number of carbonyl (C=O) groups is 1. The molecule has 28 heavy (non-hydrogen) atoms. The molecule has 0 saturated carbocycles. The molecule has 1 N–H and O–H groups in total. The second kappa shape index (κ2) is 10.1. The average Bonchev–Trinajstić information content (AvgIpc) is 2.74. The van der Waals surface area contributed by atoms with E-state index in [0.29, 0.717) is 24.5 Å². The fourth-order valence-electron chi connectivity index (χ4n) is 3.27. The van der Waals surface area contributed by atoms with Crippen molar-refractivity contribution in [1.29, 1.82) is 0 Å². The van der Waals surface area contributed by atoms with Crippen LogP contribution in [0.4, 0.5) is 5.69 Å². The molecule has 6 heteroatoms. The van der Waals surface area contributed by atoms with Crippen molar-refractivity contribution < 1.29 is 19.4 Å². The fourth-order valence-corrected chi connectivity index (χ4v) is 3.27. The predicted molar refractivity (Wildman–Crippen MR) is 109 cm³/mol. The van der Waals surface area contributed by atoms with Gasteiger partial charge in [0, 0.05) is 38.4 Å². The van der Waals surface area contributed by atoms with Gasteiger partial charge in [0.15, 0.2) is 0 Å². The van der Waals surface area contributed by atoms with Crippen LogP contribution < -0.4 is 9.64 Å². The van der Waals surface area contributed by atoms with Gasteiger partial charge in [-0.05, 0) is 43.3 Å². The highest BCUT2D eigenvalue weighted by Gasteiger charge is 2.19. The number of benzene rings is 2. The van der Waals surface area contributed by atoms with Crippen LogP contribution in [0.5, 0.6) is 5.75 Å². The predicted octanol–water partition coefficient (Wildman–Crippen LogP) is 2.43. The van der Waals surface area contributed by atoms with E-state index in [9.17, 15) is 9.90 Å². The maximum Gasteiger partial charge on any atom is 0.338 e. The first-order valence-electron chi connectivity index (χ1n) is 9.76. The Hall–Kier alpha value is -2.57. The molecule has 0 aromatic heterocycles. The van der Waals surface area contributed by atoms with Crippen molar-refractivity contribution in [1.82, 2.24) is 4.90 Å². The van der Waals surface area contributed by atoms with Crippen molar-refractivity contribution >= 4 is 11.7 Å². The van der Waals surface area contributed by atoms with Gasteiger partial charge in [-0.2, -0.15) is 0 Å². The van der Waals surface area contributed by atoms with E-state index in [-0.39, 0.29) is 12.6 Å². The number of aliphatic hydroxyl groups is 1. The molecule has 0 bridgehead atoms. The molecule has 0 amide bonds. The van der Waals surface area contributed by atoms with Gasteiger partial charge in [-0.25, -0.2) is 4.79 Å². The summed E-state index contributed by atoms with van der Waals surface area (Å²) in [4.78, 5) is 16.3. The third-order valence-corrected chi connectivity index (χ3v) is 4.77. The number of anilines is 1. The summed E-state index contributed by atoms with van der Waals surface area (Å²) in [6, 6.07) is 17.2. The van der Waals surface area contributed by atoms with Gasteiger partial charge < -0.3 is 19.5 Å². The number of ether oxygens (including phenoxy) is 2. The maximum atomic E-state index is 11.6. The first-order valence-corrected chi connectivity index (χ1v) is 9.76. The lowest BCUT2D eigenvalue weighted by Crippen LogP contribution is -2.49. The Morgan fingerprint density at radius 2 is 1.71 bits per heavy atom. The van der Waals surface area contributed by atoms with E-state index in [4.69, 9.17) is 9.47 Å². The van der Waals surface area contributed by atoms with Gasteiger partial charge in [0.1, 0.15) is 18.5 Å². The van der Waals surface area contributed by atoms with Gasteiger partial charge in [0.2, 0.25) is 0 Å². The van der Waals surface area contributed by atoms with Crippen molar-refractivity contribution in [2.24, 2.45) is 0 Å². The molecule has 0 spiro atoms. The lowest BCUT2D eigenvalue weighted by atomic mass is 10.2. The zero-order valence-corrected chi connectivity index (χ0v) is 16.3. The second-order valence-corrected chi connectivity index (χ2v) is 6.83. The number of aliphatic hydroxyl groups excluding tert-OH is 1. The quantitative estimate of drug-likeness (QED) is 0.706. The van der Waals surface area contributed by atoms with Crippen molar-refractivity contribution in [2.75, 3.05) is 50.8 Å². The number of rotatable bonds is 8. The summed E-state index contributed by atoms with van der Waals surface area (Å²) in [5.41, 5.74) is 1.74. The van der Waals surface area contributed by atoms with Crippen LogP contribution in [0.15, 0.2) is 54.6 Å². The van der Waals surface area contributed by atoms with Crippen LogP contribution in [0.1, 0.15) is 17.3 Å². The number of nitrogens with zero attached hydrogens (tertiary/aromatic N) is 2. The van der Waals surface area contributed by atoms with Gasteiger partial charge >= 0.3 is 5.97 Å². The lowest BCUT2D eigenvalue weighted by molar-refractivity contribution is 0.0525. The number of piperazine rings is 1. The normalized spacial score (nSPS) is 15.9. The minimum Gasteiger partial charge on any atom is -0.491 e. The Bertz CT molecular complexity index is 728. The summed E-state index contributed by atoms with van der Waals surface area (Å²) in [6.07, 6.45) is -0.562. The largest absolute Gasteiger partial charge is 0.491 e. The van der Waals surface area contributed by atoms with Crippen LogP contribution in [-0.2, 0) is 4.74 Å². The molecule has 2 aromatic carbocycles. The minimum absolute atomic E-state index is 0.220. The summed E-state index contributed by atoms with van der Waals surface area (Å²) in [7, 11) is 0. The summed E-state index contributed by atoms with van der Waals surface area (Å²) in [5.74, 6) is 0.282. The Morgan fingerprint density at radius 1 is 1.04 bits per heavy atom. The number of hydrogen-bond donors (Lipinski definition) is 1. The first-order chi connectivity index (χ1) is 13.7. The van der Waals surface area contributed by atoms with Crippen LogP contribution in [0.25, 0.3) is 0 Å². The topological polar surface area (TPSA) is 62.2 Å². The molecule has 0 aliphatic carbocycles. The minimum atomic E-state index is -0.562. The molecule has 0 radical (unpaired) electrons. The van der Waals surface area contributed by atoms with Crippen LogP contribution >= 0.6 is 0 Å². The Kier molecular flexibility index (Phi) is 7.28. The highest BCUT2D eigenvalue weighted by Crippen LogP contribution is 2.16. The molecule has 1 aliphatic rings. The summed E-state index contributed by atoms with van der Waals surface area (Å²) < 4.78 is 10.6. The molecule has 3 rings (SSSR count). The van der Waals surface area contributed by atoms with Gasteiger partial charge in [0.25, 0.3) is 0 Å². The summed E-state index contributed by atoms with van der Waals surface area (Å²) >= 11 is 0. The number of carbonyl (C=O) groups excluding carboxylic acids is 1. The molecule has 1 atom stereocenters. The summed E-state index contributed by atoms with van der Waals surface area (Å²) in [5, 5.41) is 10.3. The standard InChI is InChI=1S/C22H28N2O4/c1-2-27-22(26)18-8-10-21(11-9-18)28-17-20(25)16-23-12-14-24(15-13-23)19-6-4-3-5-7-19/h3-11,20,25H,2,12-17H2,1H3. The monoisotopic (exact) mass is 384 g/mol. The molecule has 1 aliphatic heterocycles. The van der Waals surface area contributed by atoms with E-state index in [1.807, 2.05) is 6.07 Å². The van der Waals surface area contributed by atoms with Crippen LogP contribution in [-0.4, -0.2) is 68.0 Å². The maximum absolute atomic E-state index is 11.6. The molecule has 2 aromatic rings. The molecule has 1 unspecified atom stereocenters. The number of β-amino-alcohol motifs (C(OH)–C–C–N with tert-alkyl or cyclic N) is 1. The van der Waals surface area contributed by atoms with E-state index in [0.717, 1.165) is 26.2 Å². The van der Waals surface area contributed by atoms with Crippen LogP contribution in [0.2, 0.25) is 0 Å². The van der Waals surface area contributed by atoms with Crippen molar-refractivity contribution in [3.63, 3.8) is 0 Å². The molecule has 1 saturated heterocycles. The average molecular weight is 384 g/mol. The lowest BCUT2D eigenvalue weighted by Gasteiger charge is -2.36. The zero-order valence-electron chi connectivity index (χ0n) is 16.3. The molecular formula is C22H28N2O4. The van der Waals surface area contributed by atoms with Crippen molar-refractivity contribution in [3.05, 3.63) is 60.2 Å². The number of hydrogen-bond acceptors (Lipinski definition) is 6. The highest BCUT2D eigenvalue weighted by molar-refractivity contribution is 5.89. The van der Waals surface area contributed by atoms with E-state index in [1.54, 1.807) is 31.2 Å². The zero-order chi connectivity index (χ0) is 19.8. The number of esters is 1. The number of para-hydroxylation sites is 1. The highest BCUT2D eigenvalue weighted by atomic mass is 16.5. The van der Waals surface area contributed by atoms with Gasteiger partial charge in [-0.15, -0.1) is 0 Å². The van der Waals surface area contributed by atoms with Crippen molar-refractivity contribution in [2.45, 2.75) is 13.0 Å². The van der Waals surface area contributed by atoms with E-state index in [2.05, 4.69) is 34.1 Å². The second-order valence-electron chi connectivity index (χ2n) is 6.83. The smallest absolute Gasteiger partial charge is 0.338 e. The van der Waals surface area contributed by atoms with Crippen LogP contribution in [0, 0.1) is 0 Å². The SMILES string of the molecule is CCOC(=O)c1ccc(OCC(O)CN2CCN(c3ccccc3)CC2)cc1.